The van der Waals surface area contributed by atoms with Crippen LogP contribution in [0.4, 0.5) is 0 Å². The average Bonchev–Trinajstić information content (AvgIpc) is 2.46. The number of rotatable bonds is 2. The van der Waals surface area contributed by atoms with Gasteiger partial charge >= 0.3 is 0 Å². The maximum atomic E-state index is 12.3. The molecule has 0 aromatic heterocycles. The Morgan fingerprint density at radius 3 is 2.63 bits per heavy atom. The topological polar surface area (TPSA) is 47.3 Å². The largest absolute Gasteiger partial charge is 0.339 e. The Hall–Kier alpha value is -1.86. The van der Waals surface area contributed by atoms with Crippen LogP contribution in [0.1, 0.15) is 28.8 Å². The van der Waals surface area contributed by atoms with E-state index in [-0.39, 0.29) is 5.91 Å². The number of nitriles is 1. The second-order valence-corrected chi connectivity index (χ2v) is 5.18. The minimum atomic E-state index is 0.0364. The first kappa shape index (κ1) is 13.6. The Labute approximate surface area is 114 Å². The second kappa shape index (κ2) is 5.85. The quantitative estimate of drug-likeness (QED) is 0.810. The zero-order valence-electron chi connectivity index (χ0n) is 11.5. The number of hydrogen-bond donors (Lipinski definition) is 0. The van der Waals surface area contributed by atoms with Crippen LogP contribution in [-0.4, -0.2) is 48.9 Å². The lowest BCUT2D eigenvalue weighted by molar-refractivity contribution is 0.0663. The third-order valence-electron chi connectivity index (χ3n) is 3.72. The number of hydrogen-bond acceptors (Lipinski definition) is 3. The van der Waals surface area contributed by atoms with Gasteiger partial charge in [0, 0.05) is 24.7 Å². The minimum absolute atomic E-state index is 0.0364. The molecule has 0 radical (unpaired) electrons. The predicted octanol–water partition coefficient (Wildman–Crippen LogP) is 1.72. The number of carbonyl (C=O) groups is 1. The molecule has 1 heterocycles. The van der Waals surface area contributed by atoms with Gasteiger partial charge in [-0.25, -0.2) is 0 Å². The Balaban J connectivity index is 2.03. The number of amides is 1. The van der Waals surface area contributed by atoms with Crippen molar-refractivity contribution in [3.8, 4) is 6.07 Å². The predicted molar refractivity (Wildman–Crippen MR) is 73.8 cm³/mol. The Bertz CT molecular complexity index is 496. The standard InChI is InChI=1S/C15H19N3O/c1-17(2)14-6-8-18(9-7-14)15(19)13-5-3-4-12(10-13)11-16/h3-5,10,14H,6-9H2,1-2H3. The van der Waals surface area contributed by atoms with E-state index < -0.39 is 0 Å². The van der Waals surface area contributed by atoms with Crippen LogP contribution in [0, 0.1) is 11.3 Å². The van der Waals surface area contributed by atoms with Crippen molar-refractivity contribution in [3.05, 3.63) is 35.4 Å². The summed E-state index contributed by atoms with van der Waals surface area (Å²) in [5.41, 5.74) is 1.15. The van der Waals surface area contributed by atoms with Gasteiger partial charge in [0.1, 0.15) is 0 Å². The van der Waals surface area contributed by atoms with Crippen molar-refractivity contribution < 1.29 is 4.79 Å². The summed E-state index contributed by atoms with van der Waals surface area (Å²) in [6, 6.07) is 9.56. The normalized spacial score (nSPS) is 16.4. The molecule has 0 aliphatic carbocycles. The average molecular weight is 257 g/mol. The zero-order chi connectivity index (χ0) is 13.8. The second-order valence-electron chi connectivity index (χ2n) is 5.18. The van der Waals surface area contributed by atoms with Crippen LogP contribution >= 0.6 is 0 Å². The van der Waals surface area contributed by atoms with Gasteiger partial charge in [0.25, 0.3) is 5.91 Å². The van der Waals surface area contributed by atoms with Crippen molar-refractivity contribution in [3.63, 3.8) is 0 Å². The van der Waals surface area contributed by atoms with Gasteiger partial charge < -0.3 is 9.80 Å². The molecule has 1 aromatic carbocycles. The van der Waals surface area contributed by atoms with Crippen molar-refractivity contribution in [1.82, 2.24) is 9.80 Å². The maximum absolute atomic E-state index is 12.3. The minimum Gasteiger partial charge on any atom is -0.339 e. The van der Waals surface area contributed by atoms with E-state index in [4.69, 9.17) is 5.26 Å². The first-order valence-electron chi connectivity index (χ1n) is 6.57. The fraction of sp³-hybridized carbons (Fsp3) is 0.467. The van der Waals surface area contributed by atoms with Crippen LogP contribution in [0.25, 0.3) is 0 Å². The molecule has 1 aliphatic heterocycles. The van der Waals surface area contributed by atoms with E-state index in [9.17, 15) is 4.79 Å². The molecule has 100 valence electrons. The summed E-state index contributed by atoms with van der Waals surface area (Å²) >= 11 is 0. The molecule has 1 saturated heterocycles. The van der Waals surface area contributed by atoms with E-state index in [0.717, 1.165) is 25.9 Å². The van der Waals surface area contributed by atoms with Crippen LogP contribution in [-0.2, 0) is 0 Å². The van der Waals surface area contributed by atoms with Crippen molar-refractivity contribution in [2.45, 2.75) is 18.9 Å². The summed E-state index contributed by atoms with van der Waals surface area (Å²) in [6.45, 7) is 1.58. The summed E-state index contributed by atoms with van der Waals surface area (Å²) in [4.78, 5) is 16.5. The van der Waals surface area contributed by atoms with Crippen LogP contribution in [0.15, 0.2) is 24.3 Å². The molecular formula is C15H19N3O. The summed E-state index contributed by atoms with van der Waals surface area (Å²) in [5.74, 6) is 0.0364. The number of piperidine rings is 1. The van der Waals surface area contributed by atoms with E-state index in [0.29, 0.717) is 17.2 Å². The zero-order valence-corrected chi connectivity index (χ0v) is 11.5. The molecule has 4 nitrogen and oxygen atoms in total. The fourth-order valence-electron chi connectivity index (χ4n) is 2.49. The molecule has 1 amide bonds. The lowest BCUT2D eigenvalue weighted by atomic mass is 10.0. The van der Waals surface area contributed by atoms with E-state index in [1.807, 2.05) is 4.90 Å². The summed E-state index contributed by atoms with van der Waals surface area (Å²) in [7, 11) is 4.16. The molecule has 1 aromatic rings. The van der Waals surface area contributed by atoms with Crippen LogP contribution in [0.2, 0.25) is 0 Å². The molecular weight excluding hydrogens is 238 g/mol. The van der Waals surface area contributed by atoms with E-state index in [1.54, 1.807) is 24.3 Å². The summed E-state index contributed by atoms with van der Waals surface area (Å²) in [5, 5.41) is 8.87. The molecule has 19 heavy (non-hydrogen) atoms. The Kier molecular flexibility index (Phi) is 4.18. The third kappa shape index (κ3) is 3.12. The number of carbonyl (C=O) groups excluding carboxylic acids is 1. The molecule has 1 aliphatic rings. The van der Waals surface area contributed by atoms with Crippen LogP contribution in [0.5, 0.6) is 0 Å². The van der Waals surface area contributed by atoms with Gasteiger partial charge in [-0.1, -0.05) is 6.07 Å². The maximum Gasteiger partial charge on any atom is 0.253 e. The fourth-order valence-corrected chi connectivity index (χ4v) is 2.49. The van der Waals surface area contributed by atoms with Crippen molar-refractivity contribution >= 4 is 5.91 Å². The highest BCUT2D eigenvalue weighted by Crippen LogP contribution is 2.17. The van der Waals surface area contributed by atoms with Gasteiger partial charge in [-0.15, -0.1) is 0 Å². The van der Waals surface area contributed by atoms with Gasteiger partial charge in [0.15, 0.2) is 0 Å². The molecule has 2 rings (SSSR count). The van der Waals surface area contributed by atoms with Gasteiger partial charge in [-0.3, -0.25) is 4.79 Å². The first-order chi connectivity index (χ1) is 9.11. The number of nitrogens with zero attached hydrogens (tertiary/aromatic N) is 3. The molecule has 0 atom stereocenters. The first-order valence-corrected chi connectivity index (χ1v) is 6.57. The smallest absolute Gasteiger partial charge is 0.253 e. The highest BCUT2D eigenvalue weighted by atomic mass is 16.2. The highest BCUT2D eigenvalue weighted by Gasteiger charge is 2.24. The Morgan fingerprint density at radius 2 is 2.05 bits per heavy atom. The summed E-state index contributed by atoms with van der Waals surface area (Å²) < 4.78 is 0. The van der Waals surface area contributed by atoms with Crippen molar-refractivity contribution in [1.29, 1.82) is 5.26 Å². The molecule has 0 unspecified atom stereocenters. The van der Waals surface area contributed by atoms with Crippen LogP contribution < -0.4 is 0 Å². The highest BCUT2D eigenvalue weighted by molar-refractivity contribution is 5.94. The Morgan fingerprint density at radius 1 is 1.37 bits per heavy atom. The number of benzene rings is 1. The molecule has 0 N–H and O–H groups in total. The third-order valence-corrected chi connectivity index (χ3v) is 3.72. The molecule has 4 heteroatoms. The van der Waals surface area contributed by atoms with Crippen LogP contribution in [0.3, 0.4) is 0 Å². The monoisotopic (exact) mass is 257 g/mol. The van der Waals surface area contributed by atoms with Gasteiger partial charge in [-0.2, -0.15) is 5.26 Å². The van der Waals surface area contributed by atoms with E-state index >= 15 is 0 Å². The van der Waals surface area contributed by atoms with Gasteiger partial charge in [-0.05, 0) is 45.1 Å². The van der Waals surface area contributed by atoms with Gasteiger partial charge in [0.05, 0.1) is 11.6 Å². The SMILES string of the molecule is CN(C)C1CCN(C(=O)c2cccc(C#N)c2)CC1. The van der Waals surface area contributed by atoms with E-state index in [1.165, 1.54) is 0 Å². The van der Waals surface area contributed by atoms with E-state index in [2.05, 4.69) is 25.1 Å². The molecule has 1 fully saturated rings. The number of likely N-dealkylation sites (tertiary alicyclic amines) is 1. The van der Waals surface area contributed by atoms with Gasteiger partial charge in [0.2, 0.25) is 0 Å². The molecule has 0 bridgehead atoms. The van der Waals surface area contributed by atoms with Crippen molar-refractivity contribution in [2.75, 3.05) is 27.2 Å². The molecule has 0 spiro atoms. The summed E-state index contributed by atoms with van der Waals surface area (Å²) in [6.07, 6.45) is 2.02. The lowest BCUT2D eigenvalue weighted by Crippen LogP contribution is -2.44. The van der Waals surface area contributed by atoms with Crippen molar-refractivity contribution in [2.24, 2.45) is 0 Å². The molecule has 0 saturated carbocycles. The lowest BCUT2D eigenvalue weighted by Gasteiger charge is -2.35.